The average Bonchev–Trinajstić information content (AvgIpc) is 2.98. The molecule has 0 aliphatic rings. The summed E-state index contributed by atoms with van der Waals surface area (Å²) in [6, 6.07) is 10.3. The van der Waals surface area contributed by atoms with Crippen molar-refractivity contribution in [3.63, 3.8) is 0 Å². The monoisotopic (exact) mass is 297 g/mol. The first kappa shape index (κ1) is 14.3. The largest absolute Gasteiger partial charge is 0.348 e. The van der Waals surface area contributed by atoms with Crippen LogP contribution in [0.2, 0.25) is 0 Å². The van der Waals surface area contributed by atoms with Gasteiger partial charge in [0.05, 0.1) is 5.52 Å². The molecule has 1 N–H and O–H groups in total. The van der Waals surface area contributed by atoms with E-state index in [9.17, 15) is 9.18 Å². The average molecular weight is 297 g/mol. The van der Waals surface area contributed by atoms with Crippen LogP contribution in [0.5, 0.6) is 0 Å². The SMILES string of the molecule is CN(CCc1ccncc1)C(=O)c1cc2cccc(F)c2[nH]1. The number of rotatable bonds is 4. The number of hydrogen-bond acceptors (Lipinski definition) is 2. The quantitative estimate of drug-likeness (QED) is 0.804. The molecule has 3 aromatic rings. The van der Waals surface area contributed by atoms with Crippen molar-refractivity contribution in [1.29, 1.82) is 0 Å². The number of hydrogen-bond donors (Lipinski definition) is 1. The first-order valence-electron chi connectivity index (χ1n) is 7.07. The van der Waals surface area contributed by atoms with Crippen LogP contribution in [-0.4, -0.2) is 34.4 Å². The zero-order valence-electron chi connectivity index (χ0n) is 12.2. The van der Waals surface area contributed by atoms with Crippen LogP contribution in [0.3, 0.4) is 0 Å². The van der Waals surface area contributed by atoms with E-state index in [1.807, 2.05) is 12.1 Å². The minimum absolute atomic E-state index is 0.148. The number of amides is 1. The molecule has 22 heavy (non-hydrogen) atoms. The summed E-state index contributed by atoms with van der Waals surface area (Å²) in [7, 11) is 1.74. The molecule has 2 heterocycles. The number of carbonyl (C=O) groups is 1. The third-order valence-corrected chi connectivity index (χ3v) is 3.67. The Morgan fingerprint density at radius 1 is 1.27 bits per heavy atom. The van der Waals surface area contributed by atoms with Crippen LogP contribution in [0.25, 0.3) is 10.9 Å². The van der Waals surface area contributed by atoms with E-state index in [-0.39, 0.29) is 11.7 Å². The van der Waals surface area contributed by atoms with E-state index in [1.165, 1.54) is 6.07 Å². The lowest BCUT2D eigenvalue weighted by atomic mass is 10.2. The van der Waals surface area contributed by atoms with Crippen molar-refractivity contribution in [3.05, 3.63) is 65.9 Å². The number of benzene rings is 1. The molecule has 0 spiro atoms. The lowest BCUT2D eigenvalue weighted by Crippen LogP contribution is -2.29. The number of carbonyl (C=O) groups excluding carboxylic acids is 1. The molecule has 2 aromatic heterocycles. The van der Waals surface area contributed by atoms with E-state index in [2.05, 4.69) is 9.97 Å². The van der Waals surface area contributed by atoms with Crippen molar-refractivity contribution in [2.45, 2.75) is 6.42 Å². The summed E-state index contributed by atoms with van der Waals surface area (Å²) >= 11 is 0. The second-order valence-electron chi connectivity index (χ2n) is 5.22. The Morgan fingerprint density at radius 2 is 2.05 bits per heavy atom. The fourth-order valence-electron chi connectivity index (χ4n) is 2.39. The first-order chi connectivity index (χ1) is 10.6. The Bertz CT molecular complexity index is 798. The van der Waals surface area contributed by atoms with Gasteiger partial charge >= 0.3 is 0 Å². The summed E-state index contributed by atoms with van der Waals surface area (Å²) in [6.07, 6.45) is 4.22. The topological polar surface area (TPSA) is 49.0 Å². The van der Waals surface area contributed by atoms with Crippen LogP contribution < -0.4 is 0 Å². The molecule has 4 nitrogen and oxygen atoms in total. The maximum absolute atomic E-state index is 13.7. The normalized spacial score (nSPS) is 10.8. The van der Waals surface area contributed by atoms with Crippen LogP contribution in [0.4, 0.5) is 4.39 Å². The number of aromatic nitrogens is 2. The molecule has 0 unspecified atom stereocenters. The molecule has 1 amide bonds. The fourth-order valence-corrected chi connectivity index (χ4v) is 2.39. The number of H-pyrrole nitrogens is 1. The lowest BCUT2D eigenvalue weighted by molar-refractivity contribution is 0.0792. The molecular formula is C17H16FN3O. The number of likely N-dealkylation sites (N-methyl/N-ethyl adjacent to an activating group) is 1. The Balaban J connectivity index is 1.73. The van der Waals surface area contributed by atoms with Crippen LogP contribution in [0.15, 0.2) is 48.8 Å². The molecule has 0 aliphatic heterocycles. The van der Waals surface area contributed by atoms with Gasteiger partial charge in [0.25, 0.3) is 5.91 Å². The number of aromatic amines is 1. The molecule has 0 atom stereocenters. The van der Waals surface area contributed by atoms with E-state index in [0.717, 1.165) is 12.0 Å². The van der Waals surface area contributed by atoms with Crippen LogP contribution >= 0.6 is 0 Å². The highest BCUT2D eigenvalue weighted by atomic mass is 19.1. The molecule has 0 radical (unpaired) electrons. The van der Waals surface area contributed by atoms with Crippen LogP contribution in [0.1, 0.15) is 16.1 Å². The highest BCUT2D eigenvalue weighted by Crippen LogP contribution is 2.19. The molecule has 0 bridgehead atoms. The van der Waals surface area contributed by atoms with E-state index in [1.54, 1.807) is 42.5 Å². The van der Waals surface area contributed by atoms with Crippen molar-refractivity contribution >= 4 is 16.8 Å². The van der Waals surface area contributed by atoms with Crippen molar-refractivity contribution in [1.82, 2.24) is 14.9 Å². The minimum Gasteiger partial charge on any atom is -0.348 e. The number of pyridine rings is 1. The van der Waals surface area contributed by atoms with Gasteiger partial charge in [0, 0.05) is 31.4 Å². The molecule has 1 aromatic carbocycles. The predicted molar refractivity (Wildman–Crippen MR) is 83.2 cm³/mol. The van der Waals surface area contributed by atoms with Gasteiger partial charge in [0.2, 0.25) is 0 Å². The summed E-state index contributed by atoms with van der Waals surface area (Å²) in [5.74, 6) is -0.499. The maximum atomic E-state index is 13.7. The zero-order valence-corrected chi connectivity index (χ0v) is 12.2. The summed E-state index contributed by atoms with van der Waals surface area (Å²) in [5.41, 5.74) is 1.89. The van der Waals surface area contributed by atoms with Gasteiger partial charge in [0.1, 0.15) is 11.5 Å². The highest BCUT2D eigenvalue weighted by molar-refractivity contribution is 5.98. The third kappa shape index (κ3) is 2.83. The van der Waals surface area contributed by atoms with Gasteiger partial charge in [-0.25, -0.2) is 4.39 Å². The van der Waals surface area contributed by atoms with E-state index in [0.29, 0.717) is 23.1 Å². The number of fused-ring (bicyclic) bond motifs is 1. The van der Waals surface area contributed by atoms with Crippen molar-refractivity contribution in [2.24, 2.45) is 0 Å². The minimum atomic E-state index is -0.351. The van der Waals surface area contributed by atoms with E-state index in [4.69, 9.17) is 0 Å². The van der Waals surface area contributed by atoms with E-state index >= 15 is 0 Å². The molecule has 5 heteroatoms. The van der Waals surface area contributed by atoms with Crippen molar-refractivity contribution in [3.8, 4) is 0 Å². The second kappa shape index (κ2) is 5.97. The zero-order chi connectivity index (χ0) is 15.5. The first-order valence-corrected chi connectivity index (χ1v) is 7.07. The molecule has 112 valence electrons. The Hall–Kier alpha value is -2.69. The van der Waals surface area contributed by atoms with Crippen molar-refractivity contribution < 1.29 is 9.18 Å². The smallest absolute Gasteiger partial charge is 0.270 e. The Morgan fingerprint density at radius 3 is 2.77 bits per heavy atom. The molecule has 0 fully saturated rings. The lowest BCUT2D eigenvalue weighted by Gasteiger charge is -2.16. The summed E-state index contributed by atoms with van der Waals surface area (Å²) in [5, 5.41) is 0.700. The number of nitrogens with one attached hydrogen (secondary N) is 1. The molecule has 3 rings (SSSR count). The van der Waals surface area contributed by atoms with Gasteiger partial charge in [-0.15, -0.1) is 0 Å². The molecule has 0 aliphatic carbocycles. The summed E-state index contributed by atoms with van der Waals surface area (Å²) < 4.78 is 13.7. The summed E-state index contributed by atoms with van der Waals surface area (Å²) in [6.45, 7) is 0.584. The summed E-state index contributed by atoms with van der Waals surface area (Å²) in [4.78, 5) is 20.9. The third-order valence-electron chi connectivity index (χ3n) is 3.67. The predicted octanol–water partition coefficient (Wildman–Crippen LogP) is 3.02. The molecular weight excluding hydrogens is 281 g/mol. The van der Waals surface area contributed by atoms with Gasteiger partial charge in [-0.05, 0) is 36.2 Å². The van der Waals surface area contributed by atoms with Crippen LogP contribution in [-0.2, 0) is 6.42 Å². The van der Waals surface area contributed by atoms with Crippen molar-refractivity contribution in [2.75, 3.05) is 13.6 Å². The standard InChI is InChI=1S/C17H16FN3O/c1-21(10-7-12-5-8-19-9-6-12)17(22)15-11-13-3-2-4-14(18)16(13)20-15/h2-6,8-9,11,20H,7,10H2,1H3. The number of halogens is 1. The van der Waals surface area contributed by atoms with Gasteiger partial charge in [-0.1, -0.05) is 12.1 Å². The van der Waals surface area contributed by atoms with Crippen LogP contribution in [0, 0.1) is 5.82 Å². The van der Waals surface area contributed by atoms with Gasteiger partial charge < -0.3 is 9.88 Å². The van der Waals surface area contributed by atoms with Gasteiger partial charge in [-0.2, -0.15) is 0 Å². The highest BCUT2D eigenvalue weighted by Gasteiger charge is 2.15. The van der Waals surface area contributed by atoms with E-state index < -0.39 is 0 Å². The number of para-hydroxylation sites is 1. The Labute approximate surface area is 127 Å². The molecule has 0 saturated carbocycles. The fraction of sp³-hybridized carbons (Fsp3) is 0.176. The maximum Gasteiger partial charge on any atom is 0.270 e. The van der Waals surface area contributed by atoms with Gasteiger partial charge in [-0.3, -0.25) is 9.78 Å². The Kier molecular flexibility index (Phi) is 3.87. The number of nitrogens with zero attached hydrogens (tertiary/aromatic N) is 2. The van der Waals surface area contributed by atoms with Gasteiger partial charge in [0.15, 0.2) is 0 Å². The second-order valence-corrected chi connectivity index (χ2v) is 5.22. The molecule has 0 saturated heterocycles.